The van der Waals surface area contributed by atoms with E-state index in [0.717, 1.165) is 23.3 Å². The fourth-order valence-corrected chi connectivity index (χ4v) is 3.19. The Bertz CT molecular complexity index is 538. The number of fused-ring (bicyclic) bond motifs is 1. The van der Waals surface area contributed by atoms with Crippen molar-refractivity contribution < 1.29 is 0 Å². The van der Waals surface area contributed by atoms with E-state index in [2.05, 4.69) is 28.4 Å². The van der Waals surface area contributed by atoms with Gasteiger partial charge in [-0.3, -0.25) is 4.98 Å². The molecule has 0 aliphatic heterocycles. The molecule has 3 nitrogen and oxygen atoms in total. The Morgan fingerprint density at radius 1 is 1.42 bits per heavy atom. The van der Waals surface area contributed by atoms with Gasteiger partial charge in [0.25, 0.3) is 0 Å². The van der Waals surface area contributed by atoms with Gasteiger partial charge in [0.2, 0.25) is 0 Å². The molecule has 0 N–H and O–H groups in total. The summed E-state index contributed by atoms with van der Waals surface area (Å²) in [6.45, 7) is 6.40. The van der Waals surface area contributed by atoms with E-state index in [-0.39, 0.29) is 5.38 Å². The van der Waals surface area contributed by atoms with Crippen LogP contribution < -0.4 is 0 Å². The minimum atomic E-state index is -0.0892. The molecule has 0 saturated carbocycles. The van der Waals surface area contributed by atoms with E-state index in [9.17, 15) is 0 Å². The van der Waals surface area contributed by atoms with E-state index in [1.807, 2.05) is 37.1 Å². The van der Waals surface area contributed by atoms with Crippen LogP contribution in [0.2, 0.25) is 0 Å². The maximum atomic E-state index is 6.28. The van der Waals surface area contributed by atoms with Crippen LogP contribution in [-0.4, -0.2) is 26.0 Å². The summed E-state index contributed by atoms with van der Waals surface area (Å²) in [5, 5.41) is -0.0892. The quantitative estimate of drug-likeness (QED) is 0.583. The van der Waals surface area contributed by atoms with Gasteiger partial charge in [0.1, 0.15) is 11.3 Å². The van der Waals surface area contributed by atoms with E-state index >= 15 is 0 Å². The summed E-state index contributed by atoms with van der Waals surface area (Å²) in [5.74, 6) is 3.28. The molecule has 0 fully saturated rings. The van der Waals surface area contributed by atoms with Crippen LogP contribution in [0, 0.1) is 0 Å². The number of alkyl halides is 1. The number of aromatic nitrogens is 3. The summed E-state index contributed by atoms with van der Waals surface area (Å²) >= 11 is 8.25. The van der Waals surface area contributed by atoms with Crippen LogP contribution in [-0.2, 0) is 0 Å². The second-order valence-corrected chi connectivity index (χ2v) is 6.70. The van der Waals surface area contributed by atoms with Gasteiger partial charge in [-0.1, -0.05) is 6.92 Å². The first kappa shape index (κ1) is 14.7. The van der Waals surface area contributed by atoms with Crippen LogP contribution in [0.1, 0.15) is 44.4 Å². The number of halogens is 1. The zero-order chi connectivity index (χ0) is 13.8. The maximum absolute atomic E-state index is 6.28. The summed E-state index contributed by atoms with van der Waals surface area (Å²) in [6, 6.07) is 2.43. The van der Waals surface area contributed by atoms with E-state index < -0.39 is 0 Å². The number of thioether (sulfide) groups is 1. The van der Waals surface area contributed by atoms with Crippen molar-refractivity contribution in [2.45, 2.75) is 38.6 Å². The summed E-state index contributed by atoms with van der Waals surface area (Å²) < 4.78 is 2.27. The summed E-state index contributed by atoms with van der Waals surface area (Å²) in [5.41, 5.74) is 2.06. The molecule has 0 aromatic carbocycles. The molecule has 0 aliphatic carbocycles. The molecule has 0 aliphatic rings. The van der Waals surface area contributed by atoms with Gasteiger partial charge in [-0.15, -0.1) is 11.6 Å². The van der Waals surface area contributed by atoms with E-state index in [4.69, 9.17) is 11.6 Å². The Morgan fingerprint density at radius 3 is 2.89 bits per heavy atom. The average Bonchev–Trinajstić information content (AvgIpc) is 2.78. The first-order valence-corrected chi connectivity index (χ1v) is 8.28. The number of rotatable bonds is 6. The largest absolute Gasteiger partial charge is 0.324 e. The highest BCUT2D eigenvalue weighted by Gasteiger charge is 2.18. The summed E-state index contributed by atoms with van der Waals surface area (Å²) in [7, 11) is 0. The second kappa shape index (κ2) is 6.62. The topological polar surface area (TPSA) is 30.7 Å². The highest BCUT2D eigenvalue weighted by Crippen LogP contribution is 2.29. The fraction of sp³-hybridized carbons (Fsp3) is 0.571. The van der Waals surface area contributed by atoms with Crippen molar-refractivity contribution in [1.29, 1.82) is 0 Å². The SMILES string of the molecule is CCSCCC(C)n1c(C(C)Cl)nc2cnccc21. The molecule has 0 bridgehead atoms. The first-order valence-electron chi connectivity index (χ1n) is 6.68. The molecule has 0 radical (unpaired) electrons. The van der Waals surface area contributed by atoms with Crippen LogP contribution >= 0.6 is 23.4 Å². The highest BCUT2D eigenvalue weighted by molar-refractivity contribution is 7.99. The molecule has 2 rings (SSSR count). The maximum Gasteiger partial charge on any atom is 0.128 e. The second-order valence-electron chi connectivity index (χ2n) is 4.66. The lowest BCUT2D eigenvalue weighted by Gasteiger charge is -2.18. The van der Waals surface area contributed by atoms with Gasteiger partial charge in [0.05, 0.1) is 17.1 Å². The third kappa shape index (κ3) is 3.23. The van der Waals surface area contributed by atoms with Crippen LogP contribution in [0.25, 0.3) is 11.0 Å². The van der Waals surface area contributed by atoms with Crippen molar-refractivity contribution in [3.8, 4) is 0 Å². The minimum Gasteiger partial charge on any atom is -0.324 e. The van der Waals surface area contributed by atoms with Crippen molar-refractivity contribution in [2.75, 3.05) is 11.5 Å². The van der Waals surface area contributed by atoms with Crippen molar-refractivity contribution in [3.05, 3.63) is 24.3 Å². The normalized spacial score (nSPS) is 14.7. The third-order valence-corrected chi connectivity index (χ3v) is 4.33. The molecule has 0 spiro atoms. The molecule has 2 aromatic rings. The Balaban J connectivity index is 2.35. The zero-order valence-electron chi connectivity index (χ0n) is 11.6. The van der Waals surface area contributed by atoms with Crippen molar-refractivity contribution in [3.63, 3.8) is 0 Å². The van der Waals surface area contributed by atoms with Gasteiger partial charge in [-0.2, -0.15) is 11.8 Å². The first-order chi connectivity index (χ1) is 9.15. The number of hydrogen-bond donors (Lipinski definition) is 0. The molecule has 104 valence electrons. The van der Waals surface area contributed by atoms with Gasteiger partial charge in [0.15, 0.2) is 0 Å². The number of pyridine rings is 1. The smallest absolute Gasteiger partial charge is 0.128 e. The molecule has 0 saturated heterocycles. The number of imidazole rings is 1. The summed E-state index contributed by atoms with van der Waals surface area (Å²) in [4.78, 5) is 8.76. The molecule has 2 atom stereocenters. The lowest BCUT2D eigenvalue weighted by Crippen LogP contribution is -2.11. The molecular weight excluding hydrogens is 278 g/mol. The Hall–Kier alpha value is -0.740. The van der Waals surface area contributed by atoms with Gasteiger partial charge < -0.3 is 4.57 Å². The van der Waals surface area contributed by atoms with Gasteiger partial charge in [-0.25, -0.2) is 4.98 Å². The van der Waals surface area contributed by atoms with E-state index in [1.165, 1.54) is 11.5 Å². The standard InChI is InChI=1S/C14H20ClN3S/c1-4-19-8-6-10(2)18-13-5-7-16-9-12(13)17-14(18)11(3)15/h5,7,9-11H,4,6,8H2,1-3H3. The fourth-order valence-electron chi connectivity index (χ4n) is 2.24. The average molecular weight is 298 g/mol. The Labute approximate surface area is 123 Å². The number of nitrogens with zero attached hydrogens (tertiary/aromatic N) is 3. The van der Waals surface area contributed by atoms with Crippen LogP contribution in [0.5, 0.6) is 0 Å². The number of hydrogen-bond acceptors (Lipinski definition) is 3. The van der Waals surface area contributed by atoms with Crippen LogP contribution in [0.3, 0.4) is 0 Å². The van der Waals surface area contributed by atoms with Crippen LogP contribution in [0.4, 0.5) is 0 Å². The monoisotopic (exact) mass is 297 g/mol. The molecule has 2 heterocycles. The van der Waals surface area contributed by atoms with Gasteiger partial charge in [0, 0.05) is 12.2 Å². The third-order valence-electron chi connectivity index (χ3n) is 3.20. The molecule has 2 aromatic heterocycles. The van der Waals surface area contributed by atoms with E-state index in [1.54, 1.807) is 0 Å². The minimum absolute atomic E-state index is 0.0892. The molecule has 5 heteroatoms. The van der Waals surface area contributed by atoms with Crippen molar-refractivity contribution in [2.24, 2.45) is 0 Å². The predicted octanol–water partition coefficient (Wildman–Crippen LogP) is 4.44. The lowest BCUT2D eigenvalue weighted by molar-refractivity contribution is 0.525. The lowest BCUT2D eigenvalue weighted by atomic mass is 10.2. The molecule has 0 amide bonds. The highest BCUT2D eigenvalue weighted by atomic mass is 35.5. The molecular formula is C14H20ClN3S. The van der Waals surface area contributed by atoms with Gasteiger partial charge in [-0.05, 0) is 37.8 Å². The van der Waals surface area contributed by atoms with Crippen molar-refractivity contribution in [1.82, 2.24) is 14.5 Å². The predicted molar refractivity (Wildman–Crippen MR) is 84.1 cm³/mol. The summed E-state index contributed by atoms with van der Waals surface area (Å²) in [6.07, 6.45) is 4.75. The zero-order valence-corrected chi connectivity index (χ0v) is 13.2. The van der Waals surface area contributed by atoms with Crippen LogP contribution in [0.15, 0.2) is 18.5 Å². The molecule has 19 heavy (non-hydrogen) atoms. The Kier molecular flexibility index (Phi) is 5.11. The van der Waals surface area contributed by atoms with E-state index in [0.29, 0.717) is 6.04 Å². The Morgan fingerprint density at radius 2 is 2.21 bits per heavy atom. The van der Waals surface area contributed by atoms with Gasteiger partial charge >= 0.3 is 0 Å². The van der Waals surface area contributed by atoms with Crippen molar-refractivity contribution >= 4 is 34.4 Å². The molecule has 2 unspecified atom stereocenters.